The van der Waals surface area contributed by atoms with Gasteiger partial charge in [-0.15, -0.1) is 0 Å². The van der Waals surface area contributed by atoms with E-state index in [0.717, 1.165) is 6.42 Å². The summed E-state index contributed by atoms with van der Waals surface area (Å²) in [7, 11) is 0. The predicted molar refractivity (Wildman–Crippen MR) is 66.0 cm³/mol. The van der Waals surface area contributed by atoms with Crippen LogP contribution < -0.4 is 0 Å². The lowest BCUT2D eigenvalue weighted by Gasteiger charge is -2.06. The Hall–Kier alpha value is -0.310. The highest BCUT2D eigenvalue weighted by atomic mass is 32.1. The zero-order chi connectivity index (χ0) is 10.9. The summed E-state index contributed by atoms with van der Waals surface area (Å²) in [6, 6.07) is 0. The monoisotopic (exact) mass is 230 g/mol. The van der Waals surface area contributed by atoms with E-state index < -0.39 is 0 Å². The molecule has 15 heavy (non-hydrogen) atoms. The van der Waals surface area contributed by atoms with Crippen molar-refractivity contribution in [1.29, 1.82) is 0 Å². The van der Waals surface area contributed by atoms with Crippen LogP contribution in [-0.4, -0.2) is 17.9 Å². The molecule has 1 heterocycles. The van der Waals surface area contributed by atoms with Gasteiger partial charge in [0.15, 0.2) is 0 Å². The number of rotatable bonds is 8. The fourth-order valence-electron chi connectivity index (χ4n) is 1.84. The van der Waals surface area contributed by atoms with E-state index in [4.69, 9.17) is 21.7 Å². The molecule has 1 aliphatic rings. The molecule has 1 rings (SSSR count). The Bertz CT molecular complexity index is 182. The lowest BCUT2D eigenvalue weighted by atomic mass is 10.1. The van der Waals surface area contributed by atoms with Crippen LogP contribution >= 0.6 is 12.2 Å². The van der Waals surface area contributed by atoms with E-state index in [1.165, 1.54) is 44.9 Å². The Morgan fingerprint density at radius 2 is 1.80 bits per heavy atom. The van der Waals surface area contributed by atoms with Crippen LogP contribution in [0.3, 0.4) is 0 Å². The smallest absolute Gasteiger partial charge is 0.352 e. The summed E-state index contributed by atoms with van der Waals surface area (Å²) >= 11 is 4.80. The van der Waals surface area contributed by atoms with Crippen molar-refractivity contribution < 1.29 is 9.47 Å². The largest absolute Gasteiger partial charge is 0.453 e. The Labute approximate surface area is 98.3 Å². The third-order valence-corrected chi connectivity index (χ3v) is 2.99. The van der Waals surface area contributed by atoms with Crippen LogP contribution in [0.15, 0.2) is 0 Å². The fourth-order valence-corrected chi connectivity index (χ4v) is 2.04. The van der Waals surface area contributed by atoms with Gasteiger partial charge in [-0.25, -0.2) is 0 Å². The summed E-state index contributed by atoms with van der Waals surface area (Å²) in [5.41, 5.74) is 0. The molecule has 1 aliphatic heterocycles. The van der Waals surface area contributed by atoms with Gasteiger partial charge in [0, 0.05) is 12.2 Å². The molecule has 1 atom stereocenters. The molecule has 2 nitrogen and oxygen atoms in total. The minimum Gasteiger partial charge on any atom is -0.453 e. The molecule has 1 unspecified atom stereocenters. The van der Waals surface area contributed by atoms with Crippen LogP contribution in [-0.2, 0) is 9.47 Å². The van der Waals surface area contributed by atoms with Crippen LogP contribution in [0.2, 0.25) is 0 Å². The second-order valence-corrected chi connectivity index (χ2v) is 4.54. The fraction of sp³-hybridized carbons (Fsp3) is 0.917. The molecular formula is C12H22O2S. The minimum absolute atomic E-state index is 0.230. The van der Waals surface area contributed by atoms with Crippen molar-refractivity contribution in [2.75, 3.05) is 6.61 Å². The first-order valence-corrected chi connectivity index (χ1v) is 6.57. The lowest BCUT2D eigenvalue weighted by Crippen LogP contribution is -2.08. The highest BCUT2D eigenvalue weighted by Crippen LogP contribution is 2.15. The second kappa shape index (κ2) is 7.91. The molecule has 0 aromatic carbocycles. The van der Waals surface area contributed by atoms with Gasteiger partial charge in [0.1, 0.15) is 12.7 Å². The molecule has 0 bridgehead atoms. The highest BCUT2D eigenvalue weighted by molar-refractivity contribution is 7.79. The van der Waals surface area contributed by atoms with E-state index in [1.807, 2.05) is 0 Å². The Kier molecular flexibility index (Phi) is 6.73. The SMILES string of the molecule is CCCCCCCCCC1COC(=S)O1. The first kappa shape index (κ1) is 12.8. The number of unbranched alkanes of at least 4 members (excludes halogenated alkanes) is 6. The summed E-state index contributed by atoms with van der Waals surface area (Å²) in [5.74, 6) is 0. The van der Waals surface area contributed by atoms with Gasteiger partial charge in [-0.05, 0) is 12.8 Å². The normalized spacial score (nSPS) is 20.1. The zero-order valence-corrected chi connectivity index (χ0v) is 10.5. The molecule has 88 valence electrons. The van der Waals surface area contributed by atoms with Gasteiger partial charge in [-0.2, -0.15) is 0 Å². The van der Waals surface area contributed by atoms with Crippen molar-refractivity contribution >= 4 is 17.5 Å². The first-order chi connectivity index (χ1) is 7.33. The molecule has 0 N–H and O–H groups in total. The standard InChI is InChI=1S/C12H22O2S/c1-2-3-4-5-6-7-8-9-11-10-13-12(15)14-11/h11H,2-10H2,1H3. The first-order valence-electron chi connectivity index (χ1n) is 6.16. The molecule has 1 fully saturated rings. The maximum absolute atomic E-state index is 5.32. The van der Waals surface area contributed by atoms with Crippen LogP contribution in [0.25, 0.3) is 0 Å². The van der Waals surface area contributed by atoms with E-state index in [1.54, 1.807) is 0 Å². The van der Waals surface area contributed by atoms with Crippen molar-refractivity contribution in [2.24, 2.45) is 0 Å². The van der Waals surface area contributed by atoms with E-state index in [-0.39, 0.29) is 6.10 Å². The third-order valence-electron chi connectivity index (χ3n) is 2.78. The number of hydrogen-bond donors (Lipinski definition) is 0. The number of thiocarbonyl (C=S) groups is 1. The maximum atomic E-state index is 5.32. The van der Waals surface area contributed by atoms with Gasteiger partial charge in [-0.3, -0.25) is 0 Å². The van der Waals surface area contributed by atoms with Crippen molar-refractivity contribution in [3.63, 3.8) is 0 Å². The van der Waals surface area contributed by atoms with Crippen molar-refractivity contribution in [3.8, 4) is 0 Å². The topological polar surface area (TPSA) is 18.5 Å². The highest BCUT2D eigenvalue weighted by Gasteiger charge is 2.20. The van der Waals surface area contributed by atoms with E-state index in [0.29, 0.717) is 11.8 Å². The summed E-state index contributed by atoms with van der Waals surface area (Å²) < 4.78 is 10.4. The van der Waals surface area contributed by atoms with Crippen LogP contribution in [0.1, 0.15) is 58.3 Å². The molecule has 0 saturated carbocycles. The molecular weight excluding hydrogens is 208 g/mol. The molecule has 0 radical (unpaired) electrons. The van der Waals surface area contributed by atoms with Gasteiger partial charge < -0.3 is 9.47 Å². The zero-order valence-electron chi connectivity index (χ0n) is 9.67. The Balaban J connectivity index is 1.83. The quantitative estimate of drug-likeness (QED) is 0.466. The Morgan fingerprint density at radius 3 is 2.40 bits per heavy atom. The molecule has 3 heteroatoms. The minimum atomic E-state index is 0.230. The van der Waals surface area contributed by atoms with Crippen LogP contribution in [0, 0.1) is 0 Å². The van der Waals surface area contributed by atoms with Gasteiger partial charge in [0.05, 0.1) is 0 Å². The van der Waals surface area contributed by atoms with Crippen molar-refractivity contribution in [3.05, 3.63) is 0 Å². The summed E-state index contributed by atoms with van der Waals surface area (Å²) in [5, 5.41) is 0.336. The van der Waals surface area contributed by atoms with Crippen LogP contribution in [0.4, 0.5) is 0 Å². The van der Waals surface area contributed by atoms with Crippen molar-refractivity contribution in [1.82, 2.24) is 0 Å². The predicted octanol–water partition coefficient (Wildman–Crippen LogP) is 3.83. The summed E-state index contributed by atoms with van der Waals surface area (Å²) in [4.78, 5) is 0. The van der Waals surface area contributed by atoms with E-state index in [2.05, 4.69) is 6.92 Å². The summed E-state index contributed by atoms with van der Waals surface area (Å²) in [6.07, 6.45) is 10.7. The Morgan fingerprint density at radius 1 is 1.13 bits per heavy atom. The summed E-state index contributed by atoms with van der Waals surface area (Å²) in [6.45, 7) is 2.91. The van der Waals surface area contributed by atoms with Crippen LogP contribution in [0.5, 0.6) is 0 Å². The molecule has 0 amide bonds. The molecule has 1 saturated heterocycles. The number of ether oxygens (including phenoxy) is 2. The number of hydrogen-bond acceptors (Lipinski definition) is 3. The molecule has 0 spiro atoms. The average Bonchev–Trinajstić information content (AvgIpc) is 2.63. The molecule has 0 aromatic heterocycles. The third kappa shape index (κ3) is 5.98. The molecule has 0 aliphatic carbocycles. The van der Waals surface area contributed by atoms with Gasteiger partial charge in [-0.1, -0.05) is 45.4 Å². The lowest BCUT2D eigenvalue weighted by molar-refractivity contribution is 0.213. The van der Waals surface area contributed by atoms with Gasteiger partial charge in [0.2, 0.25) is 0 Å². The second-order valence-electron chi connectivity index (χ2n) is 4.21. The van der Waals surface area contributed by atoms with E-state index in [9.17, 15) is 0 Å². The van der Waals surface area contributed by atoms with Gasteiger partial charge in [0.25, 0.3) is 0 Å². The molecule has 0 aromatic rings. The average molecular weight is 230 g/mol. The van der Waals surface area contributed by atoms with Gasteiger partial charge >= 0.3 is 5.24 Å². The van der Waals surface area contributed by atoms with Crippen molar-refractivity contribution in [2.45, 2.75) is 64.4 Å². The maximum Gasteiger partial charge on any atom is 0.352 e. The van der Waals surface area contributed by atoms with E-state index >= 15 is 0 Å².